The van der Waals surface area contributed by atoms with Gasteiger partial charge in [-0.05, 0) is 37.8 Å². The van der Waals surface area contributed by atoms with Gasteiger partial charge in [0, 0.05) is 38.4 Å². The number of pyridine rings is 1. The number of carbonyl (C=O) groups excluding carboxylic acids is 1. The number of imidazole rings is 1. The third-order valence-electron chi connectivity index (χ3n) is 6.39. The first-order chi connectivity index (χ1) is 15.6. The lowest BCUT2D eigenvalue weighted by Crippen LogP contribution is -2.34. The van der Waals surface area contributed by atoms with Crippen LogP contribution in [-0.2, 0) is 24.3 Å². The molecule has 1 fully saturated rings. The number of aromatic amines is 1. The van der Waals surface area contributed by atoms with Crippen LogP contribution in [-0.4, -0.2) is 34.1 Å². The molecule has 7 nitrogen and oxygen atoms in total. The molecule has 1 aliphatic rings. The van der Waals surface area contributed by atoms with Crippen molar-refractivity contribution in [2.45, 2.75) is 58.6 Å². The molecule has 32 heavy (non-hydrogen) atoms. The van der Waals surface area contributed by atoms with Gasteiger partial charge in [-0.15, -0.1) is 0 Å². The summed E-state index contributed by atoms with van der Waals surface area (Å²) in [6, 6.07) is 9.41. The van der Waals surface area contributed by atoms with E-state index in [1.807, 2.05) is 31.2 Å². The van der Waals surface area contributed by atoms with Gasteiger partial charge in [0.25, 0.3) is 5.91 Å². The van der Waals surface area contributed by atoms with Crippen molar-refractivity contribution >= 4 is 16.9 Å². The molecule has 0 aliphatic heterocycles. The molecule has 1 amide bonds. The van der Waals surface area contributed by atoms with E-state index in [9.17, 15) is 9.59 Å². The molecule has 0 saturated heterocycles. The third-order valence-corrected chi connectivity index (χ3v) is 6.39. The van der Waals surface area contributed by atoms with E-state index in [-0.39, 0.29) is 23.5 Å². The van der Waals surface area contributed by atoms with E-state index in [4.69, 9.17) is 4.74 Å². The van der Waals surface area contributed by atoms with E-state index >= 15 is 0 Å². The number of methoxy groups -OCH3 is 1. The van der Waals surface area contributed by atoms with Crippen molar-refractivity contribution in [1.29, 1.82) is 0 Å². The summed E-state index contributed by atoms with van der Waals surface area (Å²) >= 11 is 0. The number of nitrogens with zero attached hydrogens (tertiary/aromatic N) is 2. The Kier molecular flexibility index (Phi) is 7.05. The summed E-state index contributed by atoms with van der Waals surface area (Å²) in [6.45, 7) is 3.38. The van der Waals surface area contributed by atoms with E-state index < -0.39 is 0 Å². The first-order valence-corrected chi connectivity index (χ1v) is 11.5. The SMILES string of the molecule is COCc1c(C(=O)NCCc2nc3ccccc3[nH]2)c(=O)cc(C)n1CC1CCCCC1. The van der Waals surface area contributed by atoms with Crippen LogP contribution in [0.2, 0.25) is 0 Å². The summed E-state index contributed by atoms with van der Waals surface area (Å²) in [4.78, 5) is 33.7. The van der Waals surface area contributed by atoms with Crippen LogP contribution in [0.3, 0.4) is 0 Å². The summed E-state index contributed by atoms with van der Waals surface area (Å²) in [5.41, 5.74) is 3.37. The predicted molar refractivity (Wildman–Crippen MR) is 125 cm³/mol. The van der Waals surface area contributed by atoms with Crippen molar-refractivity contribution in [3.63, 3.8) is 0 Å². The van der Waals surface area contributed by atoms with Gasteiger partial charge in [-0.1, -0.05) is 31.4 Å². The zero-order chi connectivity index (χ0) is 22.5. The second-order valence-corrected chi connectivity index (χ2v) is 8.73. The number of H-pyrrole nitrogens is 1. The normalized spacial score (nSPS) is 14.7. The highest BCUT2D eigenvalue weighted by Crippen LogP contribution is 2.26. The zero-order valence-electron chi connectivity index (χ0n) is 18.9. The number of para-hydroxylation sites is 2. The molecule has 0 unspecified atom stereocenters. The maximum Gasteiger partial charge on any atom is 0.257 e. The summed E-state index contributed by atoms with van der Waals surface area (Å²) in [5, 5.41) is 2.91. The fraction of sp³-hybridized carbons (Fsp3) is 0.480. The van der Waals surface area contributed by atoms with Crippen molar-refractivity contribution < 1.29 is 9.53 Å². The van der Waals surface area contributed by atoms with Gasteiger partial charge in [0.15, 0.2) is 5.43 Å². The first kappa shape index (κ1) is 22.3. The number of aromatic nitrogens is 3. The molecule has 0 atom stereocenters. The number of nitrogens with one attached hydrogen (secondary N) is 2. The number of hydrogen-bond acceptors (Lipinski definition) is 4. The van der Waals surface area contributed by atoms with Crippen molar-refractivity contribution in [1.82, 2.24) is 19.9 Å². The lowest BCUT2D eigenvalue weighted by Gasteiger charge is -2.27. The maximum atomic E-state index is 13.1. The van der Waals surface area contributed by atoms with E-state index in [0.717, 1.165) is 29.1 Å². The molecule has 0 bridgehead atoms. The molecule has 0 spiro atoms. The molecular weight excluding hydrogens is 404 g/mol. The molecule has 2 N–H and O–H groups in total. The van der Waals surface area contributed by atoms with Gasteiger partial charge >= 0.3 is 0 Å². The number of fused-ring (bicyclic) bond motifs is 1. The highest BCUT2D eigenvalue weighted by Gasteiger charge is 2.22. The Morgan fingerprint density at radius 3 is 2.78 bits per heavy atom. The standard InChI is InChI=1S/C25H32N4O3/c1-17-14-22(30)24(21(16-32-2)29(17)15-18-8-4-3-5-9-18)25(31)26-13-12-23-27-19-10-6-7-11-20(19)28-23/h6-7,10-11,14,18H,3-5,8-9,12-13,15-16H2,1-2H3,(H,26,31)(H,27,28). The fourth-order valence-corrected chi connectivity index (χ4v) is 4.75. The number of benzene rings is 1. The Labute approximate surface area is 188 Å². The quantitative estimate of drug-likeness (QED) is 0.563. The average molecular weight is 437 g/mol. The van der Waals surface area contributed by atoms with E-state index in [1.54, 1.807) is 13.2 Å². The lowest BCUT2D eigenvalue weighted by molar-refractivity contribution is 0.0944. The van der Waals surface area contributed by atoms with Crippen LogP contribution in [0.4, 0.5) is 0 Å². The summed E-state index contributed by atoms with van der Waals surface area (Å²) in [5.74, 6) is 1.03. The smallest absolute Gasteiger partial charge is 0.257 e. The molecule has 1 aromatic carbocycles. The van der Waals surface area contributed by atoms with Crippen LogP contribution in [0.1, 0.15) is 59.7 Å². The lowest BCUT2D eigenvalue weighted by atomic mass is 9.89. The van der Waals surface area contributed by atoms with Gasteiger partial charge in [-0.2, -0.15) is 0 Å². The second kappa shape index (κ2) is 10.1. The van der Waals surface area contributed by atoms with Crippen LogP contribution in [0.15, 0.2) is 35.1 Å². The Morgan fingerprint density at radius 2 is 2.03 bits per heavy atom. The van der Waals surface area contributed by atoms with Gasteiger partial charge in [-0.25, -0.2) is 4.98 Å². The first-order valence-electron chi connectivity index (χ1n) is 11.5. The van der Waals surface area contributed by atoms with Crippen LogP contribution in [0, 0.1) is 12.8 Å². The van der Waals surface area contributed by atoms with Crippen molar-refractivity contribution in [2.24, 2.45) is 5.92 Å². The van der Waals surface area contributed by atoms with Gasteiger partial charge in [-0.3, -0.25) is 9.59 Å². The van der Waals surface area contributed by atoms with E-state index in [2.05, 4.69) is 19.9 Å². The number of ether oxygens (including phenoxy) is 1. The van der Waals surface area contributed by atoms with Gasteiger partial charge in [0.2, 0.25) is 0 Å². The fourth-order valence-electron chi connectivity index (χ4n) is 4.75. The number of amides is 1. The molecule has 4 rings (SSSR count). The van der Waals surface area contributed by atoms with Crippen LogP contribution < -0.4 is 10.7 Å². The number of carbonyl (C=O) groups is 1. The predicted octanol–water partition coefficient (Wildman–Crippen LogP) is 3.73. The molecule has 2 aromatic heterocycles. The Bertz CT molecular complexity index is 1110. The minimum atomic E-state index is -0.351. The van der Waals surface area contributed by atoms with Gasteiger partial charge < -0.3 is 19.6 Å². The number of rotatable bonds is 8. The molecule has 1 saturated carbocycles. The van der Waals surface area contributed by atoms with Crippen molar-refractivity contribution in [3.8, 4) is 0 Å². The van der Waals surface area contributed by atoms with Crippen LogP contribution in [0.5, 0.6) is 0 Å². The highest BCUT2D eigenvalue weighted by atomic mass is 16.5. The largest absolute Gasteiger partial charge is 0.378 e. The average Bonchev–Trinajstić information content (AvgIpc) is 3.20. The van der Waals surface area contributed by atoms with E-state index in [0.29, 0.717) is 24.6 Å². The third kappa shape index (κ3) is 4.93. The highest BCUT2D eigenvalue weighted by molar-refractivity contribution is 5.95. The molecule has 170 valence electrons. The second-order valence-electron chi connectivity index (χ2n) is 8.73. The topological polar surface area (TPSA) is 89.0 Å². The monoisotopic (exact) mass is 436 g/mol. The Morgan fingerprint density at radius 1 is 1.25 bits per heavy atom. The van der Waals surface area contributed by atoms with Crippen LogP contribution >= 0.6 is 0 Å². The van der Waals surface area contributed by atoms with Crippen molar-refractivity contribution in [3.05, 3.63) is 63.3 Å². The Balaban J connectivity index is 1.51. The maximum absolute atomic E-state index is 13.1. The summed E-state index contributed by atoms with van der Waals surface area (Å²) in [7, 11) is 1.60. The van der Waals surface area contributed by atoms with Crippen LogP contribution in [0.25, 0.3) is 11.0 Å². The zero-order valence-corrected chi connectivity index (χ0v) is 18.9. The molecule has 0 radical (unpaired) electrons. The minimum Gasteiger partial charge on any atom is -0.378 e. The summed E-state index contributed by atoms with van der Waals surface area (Å²) in [6.07, 6.45) is 6.73. The molecular formula is C25H32N4O3. The molecule has 2 heterocycles. The number of hydrogen-bond donors (Lipinski definition) is 2. The van der Waals surface area contributed by atoms with E-state index in [1.165, 1.54) is 32.1 Å². The van der Waals surface area contributed by atoms with Crippen molar-refractivity contribution in [2.75, 3.05) is 13.7 Å². The number of aryl methyl sites for hydroxylation is 1. The molecule has 3 aromatic rings. The Hall–Kier alpha value is -2.93. The minimum absolute atomic E-state index is 0.192. The molecule has 7 heteroatoms. The molecule has 1 aliphatic carbocycles. The van der Waals surface area contributed by atoms with Gasteiger partial charge in [0.1, 0.15) is 11.4 Å². The summed E-state index contributed by atoms with van der Waals surface area (Å²) < 4.78 is 7.53. The van der Waals surface area contributed by atoms with Gasteiger partial charge in [0.05, 0.1) is 23.3 Å².